The molecule has 0 spiro atoms. The fourth-order valence-electron chi connectivity index (χ4n) is 1.17. The summed E-state index contributed by atoms with van der Waals surface area (Å²) in [5.74, 6) is 0.0844. The first kappa shape index (κ1) is 8.26. The zero-order valence-corrected chi connectivity index (χ0v) is 6.80. The number of hydrogen-bond acceptors (Lipinski definition) is 2. The van der Waals surface area contributed by atoms with Crippen LogP contribution in [-0.4, -0.2) is 34.2 Å². The van der Waals surface area contributed by atoms with Crippen LogP contribution in [0.1, 0.15) is 6.42 Å². The lowest BCUT2D eigenvalue weighted by molar-refractivity contribution is 0.155. The molecule has 1 amide bonds. The van der Waals surface area contributed by atoms with E-state index in [9.17, 15) is 4.79 Å². The third-order valence-electron chi connectivity index (χ3n) is 1.86. The molecule has 1 heterocycles. The molecule has 1 aliphatic rings. The molecule has 3 N–H and O–H groups in total. The molecule has 1 fully saturated rings. The summed E-state index contributed by atoms with van der Waals surface area (Å²) in [5, 5.41) is 8.55. The Balaban J connectivity index is 2.47. The van der Waals surface area contributed by atoms with Gasteiger partial charge in [-0.15, -0.1) is 0 Å². The number of thiocarbonyl (C=S) groups is 1. The predicted octanol–water partition coefficient (Wildman–Crippen LogP) is 0.272. The number of carboxylic acid groups (broad SMARTS) is 1. The molecular weight excluding hydrogens is 164 g/mol. The van der Waals surface area contributed by atoms with E-state index in [1.54, 1.807) is 0 Å². The number of nitrogens with two attached hydrogens (primary N) is 1. The van der Waals surface area contributed by atoms with Gasteiger partial charge in [-0.3, -0.25) is 0 Å². The van der Waals surface area contributed by atoms with Gasteiger partial charge in [0.15, 0.2) is 0 Å². The molecule has 0 radical (unpaired) electrons. The largest absolute Gasteiger partial charge is 0.465 e. The maximum Gasteiger partial charge on any atom is 0.407 e. The molecule has 0 aromatic rings. The molecule has 4 nitrogen and oxygen atoms in total. The topological polar surface area (TPSA) is 66.6 Å². The number of rotatable bonds is 1. The van der Waals surface area contributed by atoms with Gasteiger partial charge in [0.05, 0.1) is 4.99 Å². The first-order chi connectivity index (χ1) is 5.11. The van der Waals surface area contributed by atoms with Gasteiger partial charge in [-0.2, -0.15) is 0 Å². The number of carbonyl (C=O) groups is 1. The summed E-state index contributed by atoms with van der Waals surface area (Å²) in [6.45, 7) is 1.02. The third-order valence-corrected chi connectivity index (χ3v) is 2.19. The van der Waals surface area contributed by atoms with Crippen molar-refractivity contribution in [2.45, 2.75) is 6.42 Å². The van der Waals surface area contributed by atoms with E-state index in [-0.39, 0.29) is 5.92 Å². The van der Waals surface area contributed by atoms with Crippen molar-refractivity contribution in [3.8, 4) is 0 Å². The average Bonchev–Trinajstić information content (AvgIpc) is 2.33. The quantitative estimate of drug-likeness (QED) is 0.560. The molecule has 1 unspecified atom stereocenters. The van der Waals surface area contributed by atoms with E-state index in [2.05, 4.69) is 0 Å². The summed E-state index contributed by atoms with van der Waals surface area (Å²) in [6, 6.07) is 0. The lowest BCUT2D eigenvalue weighted by Crippen LogP contribution is -2.29. The van der Waals surface area contributed by atoms with Crippen LogP contribution in [0.5, 0.6) is 0 Å². The van der Waals surface area contributed by atoms with Crippen molar-refractivity contribution in [2.75, 3.05) is 13.1 Å². The molecule has 5 heteroatoms. The Morgan fingerprint density at radius 1 is 1.73 bits per heavy atom. The van der Waals surface area contributed by atoms with Crippen LogP contribution >= 0.6 is 12.2 Å². The van der Waals surface area contributed by atoms with Gasteiger partial charge in [0.2, 0.25) is 0 Å². The first-order valence-electron chi connectivity index (χ1n) is 3.38. The minimum atomic E-state index is -0.885. The smallest absolute Gasteiger partial charge is 0.407 e. The van der Waals surface area contributed by atoms with E-state index in [0.29, 0.717) is 18.1 Å². The number of likely N-dealkylation sites (tertiary alicyclic amines) is 1. The van der Waals surface area contributed by atoms with Crippen LogP contribution < -0.4 is 5.73 Å². The Hall–Kier alpha value is -0.840. The summed E-state index contributed by atoms with van der Waals surface area (Å²) in [4.78, 5) is 12.2. The van der Waals surface area contributed by atoms with Gasteiger partial charge in [-0.05, 0) is 6.42 Å². The van der Waals surface area contributed by atoms with Crippen molar-refractivity contribution in [3.63, 3.8) is 0 Å². The van der Waals surface area contributed by atoms with Gasteiger partial charge in [-0.25, -0.2) is 4.79 Å². The first-order valence-corrected chi connectivity index (χ1v) is 3.79. The van der Waals surface area contributed by atoms with Crippen molar-refractivity contribution >= 4 is 23.3 Å². The van der Waals surface area contributed by atoms with E-state index in [0.717, 1.165) is 6.42 Å². The lowest BCUT2D eigenvalue weighted by atomic mass is 10.1. The van der Waals surface area contributed by atoms with Crippen LogP contribution in [0.15, 0.2) is 0 Å². The fourth-order valence-corrected chi connectivity index (χ4v) is 1.36. The summed E-state index contributed by atoms with van der Waals surface area (Å²) in [6.07, 6.45) is -0.120. The van der Waals surface area contributed by atoms with Crippen molar-refractivity contribution in [1.82, 2.24) is 4.90 Å². The number of nitrogens with zero attached hydrogens (tertiary/aromatic N) is 1. The summed E-state index contributed by atoms with van der Waals surface area (Å²) < 4.78 is 0. The fraction of sp³-hybridized carbons (Fsp3) is 0.667. The van der Waals surface area contributed by atoms with Crippen molar-refractivity contribution in [2.24, 2.45) is 11.7 Å². The van der Waals surface area contributed by atoms with Crippen LogP contribution in [0.3, 0.4) is 0 Å². The molecule has 1 rings (SSSR count). The van der Waals surface area contributed by atoms with Crippen LogP contribution in [0.2, 0.25) is 0 Å². The Morgan fingerprint density at radius 2 is 2.36 bits per heavy atom. The second-order valence-electron chi connectivity index (χ2n) is 2.62. The summed E-state index contributed by atoms with van der Waals surface area (Å²) in [5.41, 5.74) is 5.37. The van der Waals surface area contributed by atoms with Crippen molar-refractivity contribution in [1.29, 1.82) is 0 Å². The normalized spacial score (nSPS) is 23.6. The predicted molar refractivity (Wildman–Crippen MR) is 44.5 cm³/mol. The Morgan fingerprint density at radius 3 is 2.64 bits per heavy atom. The Kier molecular flexibility index (Phi) is 2.28. The molecular formula is C6H10N2O2S. The minimum Gasteiger partial charge on any atom is -0.465 e. The lowest BCUT2D eigenvalue weighted by Gasteiger charge is -2.10. The molecule has 0 aliphatic carbocycles. The van der Waals surface area contributed by atoms with Gasteiger partial charge < -0.3 is 15.7 Å². The standard InChI is InChI=1S/C6H10N2O2S/c7-5(11)4-1-2-8(3-4)6(9)10/h4H,1-3H2,(H2,7,11)(H,9,10). The monoisotopic (exact) mass is 174 g/mol. The molecule has 0 bridgehead atoms. The Bertz CT molecular complexity index is 175. The summed E-state index contributed by atoms with van der Waals surface area (Å²) in [7, 11) is 0. The molecule has 0 saturated carbocycles. The molecule has 1 saturated heterocycles. The van der Waals surface area contributed by atoms with Crippen molar-refractivity contribution < 1.29 is 9.90 Å². The average molecular weight is 174 g/mol. The molecule has 1 aliphatic heterocycles. The molecule has 11 heavy (non-hydrogen) atoms. The van der Waals surface area contributed by atoms with Gasteiger partial charge in [0, 0.05) is 19.0 Å². The van der Waals surface area contributed by atoms with Crippen LogP contribution in [-0.2, 0) is 0 Å². The minimum absolute atomic E-state index is 0.0844. The third kappa shape index (κ3) is 1.80. The van der Waals surface area contributed by atoms with Gasteiger partial charge >= 0.3 is 6.09 Å². The highest BCUT2D eigenvalue weighted by Crippen LogP contribution is 2.15. The Labute approximate surface area is 70.0 Å². The zero-order valence-electron chi connectivity index (χ0n) is 5.99. The van der Waals surface area contributed by atoms with Gasteiger partial charge in [0.25, 0.3) is 0 Å². The maximum absolute atomic E-state index is 10.4. The van der Waals surface area contributed by atoms with E-state index in [4.69, 9.17) is 23.1 Å². The molecule has 62 valence electrons. The highest BCUT2D eigenvalue weighted by Gasteiger charge is 2.27. The maximum atomic E-state index is 10.4. The van der Waals surface area contributed by atoms with E-state index in [1.807, 2.05) is 0 Å². The number of amides is 1. The van der Waals surface area contributed by atoms with Gasteiger partial charge in [0.1, 0.15) is 0 Å². The summed E-state index contributed by atoms with van der Waals surface area (Å²) >= 11 is 4.75. The molecule has 1 atom stereocenters. The zero-order chi connectivity index (χ0) is 8.43. The second kappa shape index (κ2) is 3.04. The van der Waals surface area contributed by atoms with Crippen LogP contribution in [0, 0.1) is 5.92 Å². The van der Waals surface area contributed by atoms with E-state index in [1.165, 1.54) is 4.90 Å². The van der Waals surface area contributed by atoms with Crippen molar-refractivity contribution in [3.05, 3.63) is 0 Å². The van der Waals surface area contributed by atoms with Crippen LogP contribution in [0.4, 0.5) is 4.79 Å². The molecule has 0 aromatic carbocycles. The van der Waals surface area contributed by atoms with E-state index >= 15 is 0 Å². The van der Waals surface area contributed by atoms with E-state index < -0.39 is 6.09 Å². The van der Waals surface area contributed by atoms with Crippen LogP contribution in [0.25, 0.3) is 0 Å². The SMILES string of the molecule is NC(=S)C1CCN(C(=O)O)C1. The molecule has 0 aromatic heterocycles. The highest BCUT2D eigenvalue weighted by molar-refractivity contribution is 7.80. The van der Waals surface area contributed by atoms with Gasteiger partial charge in [-0.1, -0.05) is 12.2 Å². The highest BCUT2D eigenvalue weighted by atomic mass is 32.1. The number of hydrogen-bond donors (Lipinski definition) is 2. The second-order valence-corrected chi connectivity index (χ2v) is 3.09.